The highest BCUT2D eigenvalue weighted by Crippen LogP contribution is 2.19. The molecular weight excluding hydrogens is 1050 g/mol. The quantitative estimate of drug-likeness (QED) is 0.0320. The number of rotatable bonds is 74. The molecule has 2 unspecified atom stereocenters. The maximum atomic E-state index is 12.5. The third kappa shape index (κ3) is 71.2. The van der Waals surface area contributed by atoms with Gasteiger partial charge >= 0.3 is 5.97 Å². The van der Waals surface area contributed by atoms with Crippen LogP contribution >= 0.6 is 0 Å². The Hall–Kier alpha value is -1.92. The Labute approximate surface area is 538 Å². The second-order valence-corrected chi connectivity index (χ2v) is 27.0. The van der Waals surface area contributed by atoms with Gasteiger partial charge in [0.05, 0.1) is 25.4 Å². The summed E-state index contributed by atoms with van der Waals surface area (Å²) in [4.78, 5) is 24.6. The number of unbranched alkanes of at least 4 members (excludes halogenated alkanes) is 59. The van der Waals surface area contributed by atoms with Crippen LogP contribution in [0.3, 0.4) is 0 Å². The van der Waals surface area contributed by atoms with Crippen molar-refractivity contribution in [1.82, 2.24) is 5.32 Å². The third-order valence-electron chi connectivity index (χ3n) is 18.4. The molecule has 0 aromatic heterocycles. The normalized spacial score (nSPS) is 12.7. The van der Waals surface area contributed by atoms with Crippen molar-refractivity contribution in [2.75, 3.05) is 13.2 Å². The number of amides is 1. The van der Waals surface area contributed by atoms with Crippen molar-refractivity contribution in [3.63, 3.8) is 0 Å². The van der Waals surface area contributed by atoms with Crippen molar-refractivity contribution in [2.45, 2.75) is 450 Å². The average Bonchev–Trinajstić information content (AvgIpc) is 3.58. The molecule has 2 atom stereocenters. The van der Waals surface area contributed by atoms with Gasteiger partial charge in [0.15, 0.2) is 0 Å². The van der Waals surface area contributed by atoms with E-state index in [4.69, 9.17) is 4.74 Å². The van der Waals surface area contributed by atoms with E-state index in [-0.39, 0.29) is 18.5 Å². The number of allylic oxidation sites excluding steroid dienone is 5. The van der Waals surface area contributed by atoms with Gasteiger partial charge in [-0.2, -0.15) is 0 Å². The Kier molecular flexibility index (Phi) is 73.9. The number of carbonyl (C=O) groups excluding carboxylic acids is 2. The molecule has 0 aliphatic rings. The standard InChI is InChI=1S/C80H153NO5/c1-3-5-7-9-11-13-15-17-19-46-50-54-58-62-66-70-74-80(85)86-75-71-67-63-59-55-51-47-44-42-40-38-36-34-32-30-28-26-24-22-20-21-23-25-27-29-31-33-35-37-39-41-43-45-49-53-57-61-65-69-73-79(84)81-77(76-82)78(83)72-68-64-60-56-52-48-18-16-14-12-10-8-6-4-2/h20-21,24,26,68,72,77-78,82-83H,3-19,22-23,25,27-67,69-71,73-76H2,1-2H3,(H,81,84)/b21-20-,26-24-,72-68+. The third-order valence-corrected chi connectivity index (χ3v) is 18.4. The van der Waals surface area contributed by atoms with Crippen LogP contribution in [0.2, 0.25) is 0 Å². The topological polar surface area (TPSA) is 95.9 Å². The summed E-state index contributed by atoms with van der Waals surface area (Å²) in [7, 11) is 0. The van der Waals surface area contributed by atoms with Crippen molar-refractivity contribution >= 4 is 11.9 Å². The van der Waals surface area contributed by atoms with E-state index in [1.165, 1.54) is 366 Å². The van der Waals surface area contributed by atoms with Crippen LogP contribution in [0.4, 0.5) is 0 Å². The SMILES string of the molecule is CCCCCCCCCCCCCC/C=C/C(O)C(CO)NC(=O)CCCCCCCCCCCCCCCCCCC/C=C\C/C=C\CCCCCCCCCCCCCCCCCOC(=O)CCCCCCCCCCCCCCCCCC. The van der Waals surface area contributed by atoms with Crippen LogP contribution in [-0.2, 0) is 14.3 Å². The maximum absolute atomic E-state index is 12.5. The Balaban J connectivity index is 3.34. The first-order chi connectivity index (χ1) is 42.5. The number of nitrogens with one attached hydrogen (secondary N) is 1. The summed E-state index contributed by atoms with van der Waals surface area (Å²) in [5.74, 6) is -0.0384. The van der Waals surface area contributed by atoms with Crippen LogP contribution in [-0.4, -0.2) is 47.4 Å². The first kappa shape index (κ1) is 84.1. The van der Waals surface area contributed by atoms with Gasteiger partial charge in [-0.1, -0.05) is 397 Å². The molecule has 6 nitrogen and oxygen atoms in total. The van der Waals surface area contributed by atoms with Crippen LogP contribution in [0, 0.1) is 0 Å². The number of carbonyl (C=O) groups is 2. The van der Waals surface area contributed by atoms with Gasteiger partial charge in [0.1, 0.15) is 0 Å². The first-order valence-corrected chi connectivity index (χ1v) is 39.3. The van der Waals surface area contributed by atoms with E-state index < -0.39 is 12.1 Å². The zero-order chi connectivity index (χ0) is 62.0. The van der Waals surface area contributed by atoms with Crippen LogP contribution in [0.1, 0.15) is 438 Å². The fourth-order valence-electron chi connectivity index (χ4n) is 12.4. The highest BCUT2D eigenvalue weighted by atomic mass is 16.5. The minimum absolute atomic E-state index is 0.0243. The summed E-state index contributed by atoms with van der Waals surface area (Å²) in [5.41, 5.74) is 0. The molecule has 0 aliphatic heterocycles. The summed E-state index contributed by atoms with van der Waals surface area (Å²) in [6.45, 7) is 4.94. The Bertz CT molecular complexity index is 1390. The molecule has 3 N–H and O–H groups in total. The summed E-state index contributed by atoms with van der Waals surface area (Å²) < 4.78 is 5.51. The molecular formula is C80H153NO5. The fourth-order valence-corrected chi connectivity index (χ4v) is 12.4. The van der Waals surface area contributed by atoms with Gasteiger partial charge in [-0.15, -0.1) is 0 Å². The van der Waals surface area contributed by atoms with E-state index in [0.29, 0.717) is 19.4 Å². The van der Waals surface area contributed by atoms with Crippen molar-refractivity contribution < 1.29 is 24.5 Å². The maximum Gasteiger partial charge on any atom is 0.305 e. The van der Waals surface area contributed by atoms with Crippen LogP contribution < -0.4 is 5.32 Å². The van der Waals surface area contributed by atoms with Crippen molar-refractivity contribution in [1.29, 1.82) is 0 Å². The molecule has 0 spiro atoms. The molecule has 0 rings (SSSR count). The second-order valence-electron chi connectivity index (χ2n) is 27.0. The molecule has 0 aliphatic carbocycles. The second kappa shape index (κ2) is 75.5. The van der Waals surface area contributed by atoms with Gasteiger partial charge in [-0.05, 0) is 64.2 Å². The summed E-state index contributed by atoms with van der Waals surface area (Å²) in [6.07, 6.45) is 98.5. The zero-order valence-corrected chi connectivity index (χ0v) is 58.3. The van der Waals surface area contributed by atoms with Crippen LogP contribution in [0.25, 0.3) is 0 Å². The van der Waals surface area contributed by atoms with Crippen molar-refractivity contribution in [3.8, 4) is 0 Å². The lowest BCUT2D eigenvalue weighted by Crippen LogP contribution is -2.45. The number of aliphatic hydroxyl groups excluding tert-OH is 2. The first-order valence-electron chi connectivity index (χ1n) is 39.3. The Morgan fingerprint density at radius 2 is 0.581 bits per heavy atom. The average molecular weight is 1210 g/mol. The minimum atomic E-state index is -0.842. The van der Waals surface area contributed by atoms with Gasteiger partial charge in [0, 0.05) is 12.8 Å². The number of hydrogen-bond donors (Lipinski definition) is 3. The van der Waals surface area contributed by atoms with Crippen molar-refractivity contribution in [3.05, 3.63) is 36.5 Å². The predicted molar refractivity (Wildman–Crippen MR) is 379 cm³/mol. The lowest BCUT2D eigenvalue weighted by atomic mass is 10.0. The van der Waals surface area contributed by atoms with Gasteiger partial charge in [-0.25, -0.2) is 0 Å². The van der Waals surface area contributed by atoms with Gasteiger partial charge < -0.3 is 20.3 Å². The molecule has 0 heterocycles. The van der Waals surface area contributed by atoms with Gasteiger partial charge in [-0.3, -0.25) is 9.59 Å². The molecule has 0 saturated heterocycles. The molecule has 0 fully saturated rings. The summed E-state index contributed by atoms with van der Waals surface area (Å²) in [5, 5.41) is 23.2. The largest absolute Gasteiger partial charge is 0.466 e. The minimum Gasteiger partial charge on any atom is -0.466 e. The van der Waals surface area contributed by atoms with Crippen LogP contribution in [0.15, 0.2) is 36.5 Å². The molecule has 0 aromatic carbocycles. The monoisotopic (exact) mass is 1210 g/mol. The van der Waals surface area contributed by atoms with E-state index in [0.717, 1.165) is 44.9 Å². The van der Waals surface area contributed by atoms with E-state index in [9.17, 15) is 19.8 Å². The molecule has 6 heteroatoms. The number of esters is 1. The van der Waals surface area contributed by atoms with E-state index in [2.05, 4.69) is 43.5 Å². The predicted octanol–water partition coefficient (Wildman–Crippen LogP) is 25.8. The number of aliphatic hydroxyl groups is 2. The number of ether oxygens (including phenoxy) is 1. The van der Waals surface area contributed by atoms with E-state index >= 15 is 0 Å². The Morgan fingerprint density at radius 1 is 0.326 bits per heavy atom. The lowest BCUT2D eigenvalue weighted by molar-refractivity contribution is -0.143. The molecule has 0 saturated carbocycles. The summed E-state index contributed by atoms with van der Waals surface area (Å²) in [6, 6.07) is -0.625. The smallest absolute Gasteiger partial charge is 0.305 e. The van der Waals surface area contributed by atoms with Gasteiger partial charge in [0.2, 0.25) is 5.91 Å². The van der Waals surface area contributed by atoms with E-state index in [1.54, 1.807) is 6.08 Å². The Morgan fingerprint density at radius 3 is 0.884 bits per heavy atom. The fraction of sp³-hybridized carbons (Fsp3) is 0.900. The molecule has 0 bridgehead atoms. The summed E-state index contributed by atoms with van der Waals surface area (Å²) >= 11 is 0. The van der Waals surface area contributed by atoms with E-state index in [1.807, 2.05) is 6.08 Å². The van der Waals surface area contributed by atoms with Crippen LogP contribution in [0.5, 0.6) is 0 Å². The zero-order valence-electron chi connectivity index (χ0n) is 58.3. The highest BCUT2D eigenvalue weighted by Gasteiger charge is 2.18. The molecule has 1 amide bonds. The lowest BCUT2D eigenvalue weighted by Gasteiger charge is -2.20. The molecule has 508 valence electrons. The van der Waals surface area contributed by atoms with Gasteiger partial charge in [0.25, 0.3) is 0 Å². The molecule has 0 aromatic rings. The highest BCUT2D eigenvalue weighted by molar-refractivity contribution is 5.76. The molecule has 86 heavy (non-hydrogen) atoms. The number of hydrogen-bond acceptors (Lipinski definition) is 5. The van der Waals surface area contributed by atoms with Crippen molar-refractivity contribution in [2.24, 2.45) is 0 Å². The molecule has 0 radical (unpaired) electrons.